The second-order valence-electron chi connectivity index (χ2n) is 2.98. The summed E-state index contributed by atoms with van der Waals surface area (Å²) in [6, 6.07) is 0. The number of rotatable bonds is 8. The molecule has 0 fully saturated rings. The van der Waals surface area contributed by atoms with Crippen LogP contribution in [-0.2, 0) is 17.7 Å². The normalized spacial score (nSPS) is 15.2. The molecule has 6 heteroatoms. The zero-order valence-electron chi connectivity index (χ0n) is 9.83. The fourth-order valence-corrected chi connectivity index (χ4v) is 6.91. The number of hydrogen-bond acceptors (Lipinski definition) is 4. The molecule has 0 aliphatic carbocycles. The molecule has 0 saturated carbocycles. The molecule has 14 heavy (non-hydrogen) atoms. The third-order valence-electron chi connectivity index (χ3n) is 2.37. The lowest BCUT2D eigenvalue weighted by molar-refractivity contribution is 0.117. The van der Waals surface area contributed by atoms with E-state index in [1.54, 1.807) is 21.3 Å². The van der Waals surface area contributed by atoms with Gasteiger partial charge in [-0.05, 0) is 13.3 Å². The van der Waals surface area contributed by atoms with Gasteiger partial charge in [0.1, 0.15) is 0 Å². The number of hydrogen-bond donors (Lipinski definition) is 0. The van der Waals surface area contributed by atoms with Crippen molar-refractivity contribution in [3.63, 3.8) is 0 Å². The van der Waals surface area contributed by atoms with Gasteiger partial charge in [0, 0.05) is 33.1 Å². The van der Waals surface area contributed by atoms with Crippen LogP contribution in [0.25, 0.3) is 0 Å². The van der Waals surface area contributed by atoms with Crippen LogP contribution in [-0.4, -0.2) is 46.5 Å². The zero-order valence-corrected chi connectivity index (χ0v) is 12.2. The Morgan fingerprint density at radius 2 is 1.57 bits per heavy atom. The highest BCUT2D eigenvalue weighted by atomic mass is 28.4. The van der Waals surface area contributed by atoms with Gasteiger partial charge in [0.05, 0.1) is 0 Å². The second-order valence-corrected chi connectivity index (χ2v) is 8.77. The smallest absolute Gasteiger partial charge is 0.424 e. The predicted octanol–water partition coefficient (Wildman–Crippen LogP) is 0.722. The monoisotopic (exact) mass is 238 g/mol. The standard InChI is InChI=1S/C8H22O4Si2/c1-6-8(13-12-7-2)14(9-3,10-4)11-5/h8H,6-7,13H2,1-5H3. The summed E-state index contributed by atoms with van der Waals surface area (Å²) in [5, 5.41) is 0.349. The van der Waals surface area contributed by atoms with Crippen molar-refractivity contribution in [2.45, 2.75) is 25.4 Å². The van der Waals surface area contributed by atoms with Gasteiger partial charge in [-0.3, -0.25) is 0 Å². The van der Waals surface area contributed by atoms with Gasteiger partial charge in [0.25, 0.3) is 0 Å². The van der Waals surface area contributed by atoms with Gasteiger partial charge in [-0.2, -0.15) is 0 Å². The van der Waals surface area contributed by atoms with Gasteiger partial charge in [-0.25, -0.2) is 0 Å². The van der Waals surface area contributed by atoms with E-state index in [1.165, 1.54) is 0 Å². The van der Waals surface area contributed by atoms with Crippen molar-refractivity contribution in [2.75, 3.05) is 27.9 Å². The van der Waals surface area contributed by atoms with Crippen molar-refractivity contribution in [1.29, 1.82) is 0 Å². The minimum atomic E-state index is -2.45. The van der Waals surface area contributed by atoms with Gasteiger partial charge in [-0.15, -0.1) is 0 Å². The Bertz CT molecular complexity index is 133. The van der Waals surface area contributed by atoms with Gasteiger partial charge >= 0.3 is 8.80 Å². The maximum atomic E-state index is 5.53. The van der Waals surface area contributed by atoms with Crippen molar-refractivity contribution in [3.8, 4) is 0 Å². The first-order valence-corrected chi connectivity index (χ1v) is 8.13. The molecule has 4 nitrogen and oxygen atoms in total. The molecular formula is C8H22O4Si2. The third kappa shape index (κ3) is 3.45. The molecular weight excluding hydrogens is 216 g/mol. The Hall–Kier alpha value is 0.274. The van der Waals surface area contributed by atoms with E-state index in [4.69, 9.17) is 17.7 Å². The van der Waals surface area contributed by atoms with E-state index in [0.29, 0.717) is 5.16 Å². The van der Waals surface area contributed by atoms with Crippen LogP contribution in [0.1, 0.15) is 20.3 Å². The molecule has 0 aromatic carbocycles. The molecule has 0 aliphatic heterocycles. The molecule has 0 aromatic heterocycles. The van der Waals surface area contributed by atoms with Crippen molar-refractivity contribution in [1.82, 2.24) is 0 Å². The van der Waals surface area contributed by atoms with Crippen LogP contribution in [0.3, 0.4) is 0 Å². The molecule has 0 radical (unpaired) electrons. The Balaban J connectivity index is 4.40. The minimum absolute atomic E-state index is 0.349. The highest BCUT2D eigenvalue weighted by molar-refractivity contribution is 6.72. The Labute approximate surface area is 90.2 Å². The molecule has 0 aromatic rings. The lowest BCUT2D eigenvalue weighted by Crippen LogP contribution is -2.50. The van der Waals surface area contributed by atoms with Crippen molar-refractivity contribution >= 4 is 18.6 Å². The van der Waals surface area contributed by atoms with Crippen molar-refractivity contribution < 1.29 is 17.7 Å². The van der Waals surface area contributed by atoms with E-state index in [2.05, 4.69) is 6.92 Å². The van der Waals surface area contributed by atoms with Crippen LogP contribution in [0.5, 0.6) is 0 Å². The topological polar surface area (TPSA) is 36.9 Å². The van der Waals surface area contributed by atoms with E-state index in [-0.39, 0.29) is 0 Å². The molecule has 0 N–H and O–H groups in total. The summed E-state index contributed by atoms with van der Waals surface area (Å²) in [6.07, 6.45) is 0.994. The molecule has 0 amide bonds. The summed E-state index contributed by atoms with van der Waals surface area (Å²) in [5.74, 6) is 0. The molecule has 0 rings (SSSR count). The van der Waals surface area contributed by atoms with Gasteiger partial charge in [0.15, 0.2) is 9.76 Å². The lowest BCUT2D eigenvalue weighted by atomic mass is 10.6. The molecule has 0 bridgehead atoms. The van der Waals surface area contributed by atoms with Crippen molar-refractivity contribution in [3.05, 3.63) is 0 Å². The van der Waals surface area contributed by atoms with Crippen LogP contribution >= 0.6 is 0 Å². The minimum Gasteiger partial charge on any atom is -0.424 e. The van der Waals surface area contributed by atoms with E-state index >= 15 is 0 Å². The Morgan fingerprint density at radius 3 is 1.86 bits per heavy atom. The molecule has 86 valence electrons. The third-order valence-corrected chi connectivity index (χ3v) is 9.11. The summed E-state index contributed by atoms with van der Waals surface area (Å²) in [5.41, 5.74) is 0. The largest absolute Gasteiger partial charge is 0.502 e. The predicted molar refractivity (Wildman–Crippen MR) is 61.0 cm³/mol. The zero-order chi connectivity index (χ0) is 11.0. The maximum Gasteiger partial charge on any atom is 0.502 e. The summed E-state index contributed by atoms with van der Waals surface area (Å²) >= 11 is 0. The fraction of sp³-hybridized carbons (Fsp3) is 1.00. The van der Waals surface area contributed by atoms with Crippen LogP contribution < -0.4 is 0 Å². The van der Waals surface area contributed by atoms with E-state index in [9.17, 15) is 0 Å². The van der Waals surface area contributed by atoms with Crippen LogP contribution in [0.4, 0.5) is 0 Å². The molecule has 0 spiro atoms. The first-order valence-electron chi connectivity index (χ1n) is 4.93. The molecule has 0 heterocycles. The second kappa shape index (κ2) is 7.55. The quantitative estimate of drug-likeness (QED) is 0.584. The van der Waals surface area contributed by atoms with Crippen LogP contribution in [0, 0.1) is 0 Å². The molecule has 1 atom stereocenters. The molecule has 0 aliphatic rings. The molecule has 0 saturated heterocycles. The SMILES string of the molecule is CCO[SiH2]C(CC)[Si](OC)(OC)OC. The Kier molecular flexibility index (Phi) is 7.70. The average Bonchev–Trinajstić information content (AvgIpc) is 2.25. The van der Waals surface area contributed by atoms with E-state index in [0.717, 1.165) is 13.0 Å². The lowest BCUT2D eigenvalue weighted by Gasteiger charge is -2.31. The summed E-state index contributed by atoms with van der Waals surface area (Å²) in [6.45, 7) is 4.90. The molecule has 1 unspecified atom stereocenters. The summed E-state index contributed by atoms with van der Waals surface area (Å²) in [4.78, 5) is 0. The van der Waals surface area contributed by atoms with Crippen LogP contribution in [0.15, 0.2) is 0 Å². The van der Waals surface area contributed by atoms with Crippen LogP contribution in [0.2, 0.25) is 5.16 Å². The first kappa shape index (κ1) is 14.3. The first-order chi connectivity index (χ1) is 6.70. The van der Waals surface area contributed by atoms with Gasteiger partial charge in [-0.1, -0.05) is 6.92 Å². The highest BCUT2D eigenvalue weighted by Gasteiger charge is 2.46. The van der Waals surface area contributed by atoms with Gasteiger partial charge in [0.2, 0.25) is 0 Å². The highest BCUT2D eigenvalue weighted by Crippen LogP contribution is 2.26. The van der Waals surface area contributed by atoms with E-state index in [1.807, 2.05) is 6.92 Å². The summed E-state index contributed by atoms with van der Waals surface area (Å²) in [7, 11) is 1.89. The van der Waals surface area contributed by atoms with E-state index < -0.39 is 18.6 Å². The summed E-state index contributed by atoms with van der Waals surface area (Å²) < 4.78 is 21.8. The fourth-order valence-electron chi connectivity index (χ4n) is 1.48. The average molecular weight is 238 g/mol. The van der Waals surface area contributed by atoms with Gasteiger partial charge < -0.3 is 17.7 Å². The Morgan fingerprint density at radius 1 is 1.07 bits per heavy atom. The maximum absolute atomic E-state index is 5.53. The van der Waals surface area contributed by atoms with Crippen molar-refractivity contribution in [2.24, 2.45) is 0 Å².